The summed E-state index contributed by atoms with van der Waals surface area (Å²) in [7, 11) is 0. The van der Waals surface area contributed by atoms with E-state index in [9.17, 15) is 4.79 Å². The summed E-state index contributed by atoms with van der Waals surface area (Å²) in [4.78, 5) is 11.2. The third-order valence-electron chi connectivity index (χ3n) is 2.72. The minimum absolute atomic E-state index is 0.480. The van der Waals surface area contributed by atoms with E-state index < -0.39 is 12.1 Å². The lowest BCUT2D eigenvalue weighted by atomic mass is 10.2. The number of rotatable bonds is 8. The topological polar surface area (TPSA) is 58.6 Å². The normalized spacial score (nSPS) is 12.2. The van der Waals surface area contributed by atoms with Gasteiger partial charge in [0.25, 0.3) is 0 Å². The maximum Gasteiger partial charge on any atom is 0.344 e. The first-order valence-corrected chi connectivity index (χ1v) is 8.16. The Morgan fingerprint density at radius 1 is 1.35 bits per heavy atom. The maximum absolute atomic E-state index is 11.2. The number of carboxylic acids is 1. The van der Waals surface area contributed by atoms with Gasteiger partial charge in [-0.25, -0.2) is 4.79 Å². The summed E-state index contributed by atoms with van der Waals surface area (Å²) in [5, 5.41) is 12.4. The number of aliphatic carboxylic acids is 1. The van der Waals surface area contributed by atoms with Crippen LogP contribution in [0.15, 0.2) is 21.1 Å². The molecule has 0 aliphatic carbocycles. The van der Waals surface area contributed by atoms with Gasteiger partial charge < -0.3 is 15.2 Å². The smallest absolute Gasteiger partial charge is 0.344 e. The van der Waals surface area contributed by atoms with Gasteiger partial charge in [-0.15, -0.1) is 0 Å². The highest BCUT2D eigenvalue weighted by Gasteiger charge is 2.21. The van der Waals surface area contributed by atoms with E-state index in [2.05, 4.69) is 37.2 Å². The molecule has 0 aromatic heterocycles. The van der Waals surface area contributed by atoms with Crippen molar-refractivity contribution in [3.05, 3.63) is 26.6 Å². The summed E-state index contributed by atoms with van der Waals surface area (Å²) in [6.07, 6.45) is 0.408. The quantitative estimate of drug-likeness (QED) is 0.683. The highest BCUT2D eigenvalue weighted by molar-refractivity contribution is 9.11. The summed E-state index contributed by atoms with van der Waals surface area (Å²) in [6.45, 7) is 5.63. The Bertz CT molecular complexity index is 443. The second-order valence-corrected chi connectivity index (χ2v) is 6.11. The first kappa shape index (κ1) is 17.5. The molecule has 1 aromatic rings. The lowest BCUT2D eigenvalue weighted by Gasteiger charge is -2.17. The van der Waals surface area contributed by atoms with E-state index >= 15 is 0 Å². The zero-order chi connectivity index (χ0) is 15.1. The fourth-order valence-electron chi connectivity index (χ4n) is 1.73. The van der Waals surface area contributed by atoms with Gasteiger partial charge in [0, 0.05) is 6.54 Å². The van der Waals surface area contributed by atoms with Gasteiger partial charge in [-0.3, -0.25) is 0 Å². The molecule has 6 heteroatoms. The van der Waals surface area contributed by atoms with Crippen molar-refractivity contribution in [1.82, 2.24) is 5.32 Å². The molecule has 0 bridgehead atoms. The summed E-state index contributed by atoms with van der Waals surface area (Å²) < 4.78 is 7.13. The Hall–Kier alpha value is -0.590. The van der Waals surface area contributed by atoms with Crippen LogP contribution in [-0.2, 0) is 11.3 Å². The molecular formula is C14H19Br2NO3. The Morgan fingerprint density at radius 3 is 2.40 bits per heavy atom. The van der Waals surface area contributed by atoms with Crippen molar-refractivity contribution in [2.45, 2.75) is 39.3 Å². The third-order valence-corrected chi connectivity index (χ3v) is 3.90. The molecule has 0 fully saturated rings. The predicted octanol–water partition coefficient (Wildman–Crippen LogP) is 3.95. The van der Waals surface area contributed by atoms with Gasteiger partial charge >= 0.3 is 5.97 Å². The van der Waals surface area contributed by atoms with Gasteiger partial charge in [-0.05, 0) is 62.5 Å². The third kappa shape index (κ3) is 5.07. The van der Waals surface area contributed by atoms with Crippen LogP contribution in [0, 0.1) is 0 Å². The number of benzene rings is 1. The van der Waals surface area contributed by atoms with Gasteiger partial charge in [0.1, 0.15) is 5.75 Å². The molecule has 2 N–H and O–H groups in total. The first-order valence-electron chi connectivity index (χ1n) is 6.57. The molecule has 20 heavy (non-hydrogen) atoms. The molecule has 0 saturated carbocycles. The van der Waals surface area contributed by atoms with Gasteiger partial charge in [-0.1, -0.05) is 20.3 Å². The van der Waals surface area contributed by atoms with Gasteiger partial charge in [-0.2, -0.15) is 0 Å². The second-order valence-electron chi connectivity index (χ2n) is 4.40. The van der Waals surface area contributed by atoms with Crippen molar-refractivity contribution in [1.29, 1.82) is 0 Å². The van der Waals surface area contributed by atoms with E-state index in [-0.39, 0.29) is 0 Å². The van der Waals surface area contributed by atoms with Gasteiger partial charge in [0.15, 0.2) is 6.10 Å². The van der Waals surface area contributed by atoms with Crippen molar-refractivity contribution < 1.29 is 14.6 Å². The highest BCUT2D eigenvalue weighted by Crippen LogP contribution is 2.36. The Kier molecular flexibility index (Phi) is 7.55. The molecule has 1 atom stereocenters. The average Bonchev–Trinajstić information content (AvgIpc) is 2.38. The zero-order valence-corrected chi connectivity index (χ0v) is 14.8. The molecule has 0 radical (unpaired) electrons. The van der Waals surface area contributed by atoms with Crippen molar-refractivity contribution in [3.8, 4) is 5.75 Å². The summed E-state index contributed by atoms with van der Waals surface area (Å²) in [5.41, 5.74) is 1.10. The largest absolute Gasteiger partial charge is 0.479 e. The Labute approximate surface area is 136 Å². The fraction of sp³-hybridized carbons (Fsp3) is 0.500. The molecule has 112 valence electrons. The molecule has 1 unspecified atom stereocenters. The van der Waals surface area contributed by atoms with Crippen LogP contribution in [0.2, 0.25) is 0 Å². The monoisotopic (exact) mass is 407 g/mol. The van der Waals surface area contributed by atoms with Crippen molar-refractivity contribution in [3.63, 3.8) is 0 Å². The second kappa shape index (κ2) is 8.64. The lowest BCUT2D eigenvalue weighted by molar-refractivity contribution is -0.145. The van der Waals surface area contributed by atoms with E-state index in [0.717, 1.165) is 34.0 Å². The van der Waals surface area contributed by atoms with Crippen molar-refractivity contribution >= 4 is 37.8 Å². The first-order chi connectivity index (χ1) is 9.49. The van der Waals surface area contributed by atoms with Crippen LogP contribution in [-0.4, -0.2) is 23.7 Å². The fourth-order valence-corrected chi connectivity index (χ4v) is 3.20. The number of ether oxygens (including phenoxy) is 1. The molecule has 0 aliphatic heterocycles. The number of hydrogen-bond donors (Lipinski definition) is 2. The molecule has 0 amide bonds. The van der Waals surface area contributed by atoms with Gasteiger partial charge in [0.05, 0.1) is 8.95 Å². The summed E-state index contributed by atoms with van der Waals surface area (Å²) in [5.74, 6) is -0.409. The van der Waals surface area contributed by atoms with Crippen molar-refractivity contribution in [2.24, 2.45) is 0 Å². The number of carboxylic acid groups (broad SMARTS) is 1. The maximum atomic E-state index is 11.2. The standard InChI is InChI=1S/C14H19Br2NO3/c1-3-5-12(14(18)19)20-13-10(15)6-9(7-11(13)16)8-17-4-2/h6-7,12,17H,3-5,8H2,1-2H3,(H,18,19). The average molecular weight is 409 g/mol. The molecular weight excluding hydrogens is 390 g/mol. The number of halogens is 2. The van der Waals surface area contributed by atoms with Crippen LogP contribution in [0.4, 0.5) is 0 Å². The molecule has 4 nitrogen and oxygen atoms in total. The molecule has 1 aromatic carbocycles. The minimum Gasteiger partial charge on any atom is -0.479 e. The van der Waals surface area contributed by atoms with E-state index in [1.54, 1.807) is 0 Å². The van der Waals surface area contributed by atoms with Crippen LogP contribution in [0.3, 0.4) is 0 Å². The van der Waals surface area contributed by atoms with Crippen LogP contribution >= 0.6 is 31.9 Å². The molecule has 0 aliphatic rings. The Morgan fingerprint density at radius 2 is 1.95 bits per heavy atom. The highest BCUT2D eigenvalue weighted by atomic mass is 79.9. The van der Waals surface area contributed by atoms with E-state index in [1.807, 2.05) is 26.0 Å². The number of nitrogens with one attached hydrogen (secondary N) is 1. The van der Waals surface area contributed by atoms with E-state index in [1.165, 1.54) is 0 Å². The Balaban J connectivity index is 2.92. The molecule has 0 saturated heterocycles. The predicted molar refractivity (Wildman–Crippen MR) is 86.2 cm³/mol. The number of carbonyl (C=O) groups is 1. The van der Waals surface area contributed by atoms with Crippen LogP contribution in [0.25, 0.3) is 0 Å². The minimum atomic E-state index is -0.942. The molecule has 0 spiro atoms. The van der Waals surface area contributed by atoms with E-state index in [4.69, 9.17) is 9.84 Å². The summed E-state index contributed by atoms with van der Waals surface area (Å²) >= 11 is 6.89. The molecule has 1 rings (SSSR count). The van der Waals surface area contributed by atoms with E-state index in [0.29, 0.717) is 12.2 Å². The van der Waals surface area contributed by atoms with Crippen LogP contribution < -0.4 is 10.1 Å². The lowest BCUT2D eigenvalue weighted by Crippen LogP contribution is -2.27. The van der Waals surface area contributed by atoms with Crippen LogP contribution in [0.1, 0.15) is 32.3 Å². The van der Waals surface area contributed by atoms with Crippen molar-refractivity contribution in [2.75, 3.05) is 6.54 Å². The SMILES string of the molecule is CCCC(Oc1c(Br)cc(CNCC)cc1Br)C(=O)O. The molecule has 0 heterocycles. The zero-order valence-electron chi connectivity index (χ0n) is 11.6. The summed E-state index contributed by atoms with van der Waals surface area (Å²) in [6, 6.07) is 3.88. The van der Waals surface area contributed by atoms with Gasteiger partial charge in [0.2, 0.25) is 0 Å². The number of hydrogen-bond acceptors (Lipinski definition) is 3. The van der Waals surface area contributed by atoms with Crippen LogP contribution in [0.5, 0.6) is 5.75 Å².